The first-order chi connectivity index (χ1) is 30.7. The van der Waals surface area contributed by atoms with Gasteiger partial charge in [0.1, 0.15) is 0 Å². The normalized spacial score (nSPS) is 11.5. The summed E-state index contributed by atoms with van der Waals surface area (Å²) in [4.78, 5) is 15.5. The summed E-state index contributed by atoms with van der Waals surface area (Å²) < 4.78 is 5.03. The van der Waals surface area contributed by atoms with Gasteiger partial charge in [0.15, 0.2) is 17.5 Å². The van der Waals surface area contributed by atoms with Crippen molar-refractivity contribution in [3.8, 4) is 73.2 Å². The molecule has 0 aliphatic rings. The third kappa shape index (κ3) is 6.18. The third-order valence-corrected chi connectivity index (χ3v) is 13.1. The van der Waals surface area contributed by atoms with Gasteiger partial charge in [-0.15, -0.1) is 11.3 Å². The van der Waals surface area contributed by atoms with Gasteiger partial charge in [-0.2, -0.15) is 0 Å². The summed E-state index contributed by atoms with van der Waals surface area (Å²) >= 11 is 1.87. The van der Waals surface area contributed by atoms with Gasteiger partial charge in [0.05, 0.1) is 11.0 Å². The maximum absolute atomic E-state index is 5.24. The van der Waals surface area contributed by atoms with Gasteiger partial charge in [-0.05, 0) is 69.8 Å². The van der Waals surface area contributed by atoms with Gasteiger partial charge >= 0.3 is 0 Å². The van der Waals surface area contributed by atoms with Crippen LogP contribution in [0, 0.1) is 0 Å². The number of benzene rings is 9. The second-order valence-electron chi connectivity index (χ2n) is 15.6. The second-order valence-corrected chi connectivity index (χ2v) is 16.6. The van der Waals surface area contributed by atoms with Gasteiger partial charge in [-0.25, -0.2) is 15.0 Å². The SMILES string of the molecule is c1ccc(-c2ccc(-c3nc(-c4ccccc4)nc(-c4ccc(-n5c6ccccc6c6ccc(-c7cccc8c7sc7ccccc78)cc65)cc4-c4ccccc4)n3)cc2)cc1. The zero-order valence-corrected chi connectivity index (χ0v) is 34.3. The van der Waals surface area contributed by atoms with Crippen LogP contribution in [-0.2, 0) is 0 Å². The van der Waals surface area contributed by atoms with Gasteiger partial charge in [-0.3, -0.25) is 0 Å². The Kier molecular flexibility index (Phi) is 8.65. The molecule has 9 aromatic carbocycles. The van der Waals surface area contributed by atoms with Crippen LogP contribution >= 0.6 is 11.3 Å². The number of hydrogen-bond donors (Lipinski definition) is 0. The van der Waals surface area contributed by atoms with Crippen LogP contribution in [0.4, 0.5) is 0 Å². The molecule has 0 aliphatic carbocycles. The van der Waals surface area contributed by atoms with Gasteiger partial charge in [0.25, 0.3) is 0 Å². The van der Waals surface area contributed by atoms with E-state index in [4.69, 9.17) is 15.0 Å². The molecule has 0 aliphatic heterocycles. The zero-order chi connectivity index (χ0) is 41.0. The minimum atomic E-state index is 0.618. The standard InChI is InChI=1S/C57H36N4S/c1-4-15-37(16-5-1)38-27-29-41(30-28-38)56-58-55(40-19-8-3-9-20-40)59-57(60-56)49-34-32-43(36-50(49)39-17-6-2-7-18-39)61-51-25-12-10-21-45(51)46-33-31-42(35-52(46)61)44-23-14-24-48-47-22-11-13-26-53(47)62-54(44)48/h1-36H. The van der Waals surface area contributed by atoms with E-state index >= 15 is 0 Å². The predicted molar refractivity (Wildman–Crippen MR) is 260 cm³/mol. The Labute approximate surface area is 362 Å². The van der Waals surface area contributed by atoms with E-state index in [1.807, 2.05) is 35.6 Å². The molecule has 0 spiro atoms. The van der Waals surface area contributed by atoms with E-state index in [1.54, 1.807) is 0 Å². The maximum Gasteiger partial charge on any atom is 0.164 e. The first-order valence-electron chi connectivity index (χ1n) is 20.8. The Morgan fingerprint density at radius 2 is 0.855 bits per heavy atom. The number of rotatable bonds is 7. The number of nitrogens with zero attached hydrogens (tertiary/aromatic N) is 4. The molecule has 12 aromatic rings. The topological polar surface area (TPSA) is 43.6 Å². The lowest BCUT2D eigenvalue weighted by atomic mass is 9.98. The molecule has 0 radical (unpaired) electrons. The smallest absolute Gasteiger partial charge is 0.164 e. The van der Waals surface area contributed by atoms with Crippen molar-refractivity contribution >= 4 is 53.3 Å². The van der Waals surface area contributed by atoms with Crippen LogP contribution in [0.2, 0.25) is 0 Å². The highest BCUT2D eigenvalue weighted by molar-refractivity contribution is 7.26. The highest BCUT2D eigenvalue weighted by atomic mass is 32.1. The van der Waals surface area contributed by atoms with E-state index in [0.29, 0.717) is 17.5 Å². The molecule has 0 amide bonds. The number of fused-ring (bicyclic) bond motifs is 6. The van der Waals surface area contributed by atoms with Gasteiger partial charge < -0.3 is 4.57 Å². The number of thiophene rings is 1. The lowest BCUT2D eigenvalue weighted by molar-refractivity contribution is 1.07. The lowest BCUT2D eigenvalue weighted by Crippen LogP contribution is -2.02. The Hall–Kier alpha value is -7.99. The van der Waals surface area contributed by atoms with Crippen LogP contribution in [0.25, 0.3) is 115 Å². The minimum absolute atomic E-state index is 0.618. The molecule has 0 atom stereocenters. The highest BCUT2D eigenvalue weighted by Crippen LogP contribution is 2.43. The molecule has 0 bridgehead atoms. The Bertz CT molecular complexity index is 3610. The molecule has 5 heteroatoms. The van der Waals surface area contributed by atoms with Gasteiger partial charge in [0, 0.05) is 53.3 Å². The van der Waals surface area contributed by atoms with Crippen LogP contribution in [-0.4, -0.2) is 19.5 Å². The van der Waals surface area contributed by atoms with E-state index in [-0.39, 0.29) is 0 Å². The first kappa shape index (κ1) is 35.9. The number of para-hydroxylation sites is 1. The molecule has 0 saturated heterocycles. The van der Waals surface area contributed by atoms with Crippen molar-refractivity contribution < 1.29 is 0 Å². The van der Waals surface area contributed by atoms with Crippen LogP contribution in [0.15, 0.2) is 218 Å². The molecule has 0 fully saturated rings. The summed E-state index contributed by atoms with van der Waals surface area (Å²) in [5.41, 5.74) is 13.0. The molecule has 0 saturated carbocycles. The fraction of sp³-hybridized carbons (Fsp3) is 0. The molecule has 4 nitrogen and oxygen atoms in total. The molecular weight excluding hydrogens is 773 g/mol. The van der Waals surface area contributed by atoms with Crippen LogP contribution in [0.1, 0.15) is 0 Å². The summed E-state index contributed by atoms with van der Waals surface area (Å²) in [6.07, 6.45) is 0. The van der Waals surface area contributed by atoms with Crippen molar-refractivity contribution in [2.24, 2.45) is 0 Å². The first-order valence-corrected chi connectivity index (χ1v) is 21.7. The van der Waals surface area contributed by atoms with Gasteiger partial charge in [0.2, 0.25) is 0 Å². The van der Waals surface area contributed by atoms with Crippen LogP contribution in [0.3, 0.4) is 0 Å². The van der Waals surface area contributed by atoms with E-state index in [0.717, 1.165) is 50.1 Å². The summed E-state index contributed by atoms with van der Waals surface area (Å²) in [5, 5.41) is 5.03. The Morgan fingerprint density at radius 1 is 0.306 bits per heavy atom. The van der Waals surface area contributed by atoms with E-state index < -0.39 is 0 Å². The molecule has 0 N–H and O–H groups in total. The maximum atomic E-state index is 5.24. The Balaban J connectivity index is 1.05. The van der Waals surface area contributed by atoms with Crippen LogP contribution in [0.5, 0.6) is 0 Å². The van der Waals surface area contributed by atoms with Crippen molar-refractivity contribution in [1.82, 2.24) is 19.5 Å². The average Bonchev–Trinajstić information content (AvgIpc) is 3.90. The van der Waals surface area contributed by atoms with E-state index in [2.05, 4.69) is 199 Å². The molecule has 290 valence electrons. The largest absolute Gasteiger partial charge is 0.309 e. The lowest BCUT2D eigenvalue weighted by Gasteiger charge is -2.16. The molecular formula is C57H36N4S. The zero-order valence-electron chi connectivity index (χ0n) is 33.5. The number of hydrogen-bond acceptors (Lipinski definition) is 4. The minimum Gasteiger partial charge on any atom is -0.309 e. The quantitative estimate of drug-likeness (QED) is 0.161. The second kappa shape index (κ2) is 14.9. The van der Waals surface area contributed by atoms with Crippen molar-refractivity contribution in [3.05, 3.63) is 218 Å². The van der Waals surface area contributed by atoms with Crippen LogP contribution < -0.4 is 0 Å². The monoisotopic (exact) mass is 808 g/mol. The number of aromatic nitrogens is 4. The van der Waals surface area contributed by atoms with E-state index in [9.17, 15) is 0 Å². The molecule has 3 heterocycles. The fourth-order valence-electron chi connectivity index (χ4n) is 8.90. The molecule has 3 aromatic heterocycles. The average molecular weight is 809 g/mol. The summed E-state index contributed by atoms with van der Waals surface area (Å²) in [6, 6.07) is 77.5. The van der Waals surface area contributed by atoms with Crippen molar-refractivity contribution in [2.45, 2.75) is 0 Å². The Morgan fingerprint density at radius 3 is 1.61 bits per heavy atom. The third-order valence-electron chi connectivity index (χ3n) is 11.9. The van der Waals surface area contributed by atoms with Crippen molar-refractivity contribution in [3.63, 3.8) is 0 Å². The fourth-order valence-corrected chi connectivity index (χ4v) is 10.1. The van der Waals surface area contributed by atoms with Crippen molar-refractivity contribution in [2.75, 3.05) is 0 Å². The van der Waals surface area contributed by atoms with Crippen molar-refractivity contribution in [1.29, 1.82) is 0 Å². The predicted octanol–water partition coefficient (Wildman–Crippen LogP) is 15.3. The highest BCUT2D eigenvalue weighted by Gasteiger charge is 2.20. The summed E-state index contributed by atoms with van der Waals surface area (Å²) in [6.45, 7) is 0. The summed E-state index contributed by atoms with van der Waals surface area (Å²) in [7, 11) is 0. The van der Waals surface area contributed by atoms with E-state index in [1.165, 1.54) is 47.6 Å². The molecule has 12 rings (SSSR count). The molecule has 0 unspecified atom stereocenters. The van der Waals surface area contributed by atoms with Gasteiger partial charge in [-0.1, -0.05) is 182 Å². The molecule has 62 heavy (non-hydrogen) atoms. The summed E-state index contributed by atoms with van der Waals surface area (Å²) in [5.74, 6) is 1.87.